The van der Waals surface area contributed by atoms with Crippen molar-refractivity contribution in [1.82, 2.24) is 15.5 Å². The SMILES string of the molecule is Clc1ccc(C#CC2CCNCC2)nn1. The first-order valence-electron chi connectivity index (χ1n) is 5.06. The number of rotatable bonds is 0. The molecule has 0 aliphatic carbocycles. The van der Waals surface area contributed by atoms with Crippen molar-refractivity contribution < 1.29 is 0 Å². The molecule has 1 N–H and O–H groups in total. The first kappa shape index (κ1) is 10.4. The maximum atomic E-state index is 5.63. The fraction of sp³-hybridized carbons (Fsp3) is 0.455. The van der Waals surface area contributed by atoms with Gasteiger partial charge < -0.3 is 5.32 Å². The number of hydrogen-bond donors (Lipinski definition) is 1. The van der Waals surface area contributed by atoms with Crippen molar-refractivity contribution in [2.75, 3.05) is 13.1 Å². The first-order valence-corrected chi connectivity index (χ1v) is 5.44. The second-order valence-electron chi connectivity index (χ2n) is 3.53. The summed E-state index contributed by atoms with van der Waals surface area (Å²) < 4.78 is 0. The van der Waals surface area contributed by atoms with Crippen molar-refractivity contribution in [1.29, 1.82) is 0 Å². The molecule has 0 amide bonds. The fourth-order valence-electron chi connectivity index (χ4n) is 1.52. The van der Waals surface area contributed by atoms with Crippen molar-refractivity contribution in [2.24, 2.45) is 5.92 Å². The zero-order valence-corrected chi connectivity index (χ0v) is 9.09. The Hall–Kier alpha value is -1.11. The van der Waals surface area contributed by atoms with Crippen molar-refractivity contribution >= 4 is 11.6 Å². The van der Waals surface area contributed by atoms with Gasteiger partial charge in [-0.25, -0.2) is 0 Å². The van der Waals surface area contributed by atoms with Gasteiger partial charge in [0.25, 0.3) is 0 Å². The minimum atomic E-state index is 0.405. The Morgan fingerprint density at radius 2 is 2.07 bits per heavy atom. The molecule has 15 heavy (non-hydrogen) atoms. The molecule has 0 spiro atoms. The predicted octanol–water partition coefficient (Wildman–Crippen LogP) is 1.48. The van der Waals surface area contributed by atoms with Gasteiger partial charge in [0.15, 0.2) is 5.15 Å². The molecule has 1 fully saturated rings. The van der Waals surface area contributed by atoms with Gasteiger partial charge >= 0.3 is 0 Å². The highest BCUT2D eigenvalue weighted by Crippen LogP contribution is 2.10. The van der Waals surface area contributed by atoms with Crippen molar-refractivity contribution in [3.8, 4) is 11.8 Å². The molecular weight excluding hydrogens is 210 g/mol. The van der Waals surface area contributed by atoms with E-state index in [4.69, 9.17) is 11.6 Å². The van der Waals surface area contributed by atoms with Gasteiger partial charge in [0, 0.05) is 5.92 Å². The fourth-order valence-corrected chi connectivity index (χ4v) is 1.63. The van der Waals surface area contributed by atoms with Crippen molar-refractivity contribution in [2.45, 2.75) is 12.8 Å². The Morgan fingerprint density at radius 1 is 1.27 bits per heavy atom. The van der Waals surface area contributed by atoms with Crippen LogP contribution in [0.3, 0.4) is 0 Å². The van der Waals surface area contributed by atoms with E-state index in [1.807, 2.05) is 0 Å². The third-order valence-corrected chi connectivity index (χ3v) is 2.58. The summed E-state index contributed by atoms with van der Waals surface area (Å²) >= 11 is 5.63. The van der Waals surface area contributed by atoms with Crippen LogP contribution in [-0.4, -0.2) is 23.3 Å². The smallest absolute Gasteiger partial charge is 0.151 e. The molecule has 2 heterocycles. The monoisotopic (exact) mass is 221 g/mol. The Labute approximate surface area is 94.2 Å². The predicted molar refractivity (Wildman–Crippen MR) is 59.5 cm³/mol. The van der Waals surface area contributed by atoms with Crippen LogP contribution in [0.15, 0.2) is 12.1 Å². The molecule has 3 nitrogen and oxygen atoms in total. The van der Waals surface area contributed by atoms with Crippen LogP contribution < -0.4 is 5.32 Å². The number of halogens is 1. The largest absolute Gasteiger partial charge is 0.317 e. The number of nitrogens with zero attached hydrogens (tertiary/aromatic N) is 2. The van der Waals surface area contributed by atoms with Crippen LogP contribution >= 0.6 is 11.6 Å². The average molecular weight is 222 g/mol. The van der Waals surface area contributed by atoms with E-state index in [9.17, 15) is 0 Å². The van der Waals surface area contributed by atoms with E-state index in [2.05, 4.69) is 27.4 Å². The van der Waals surface area contributed by atoms with Crippen LogP contribution in [0.2, 0.25) is 5.15 Å². The highest BCUT2D eigenvalue weighted by atomic mass is 35.5. The van der Waals surface area contributed by atoms with Gasteiger partial charge in [-0.15, -0.1) is 10.2 Å². The van der Waals surface area contributed by atoms with E-state index in [-0.39, 0.29) is 0 Å². The first-order chi connectivity index (χ1) is 7.34. The van der Waals surface area contributed by atoms with Gasteiger partial charge in [-0.2, -0.15) is 0 Å². The van der Waals surface area contributed by atoms with Gasteiger partial charge in [-0.1, -0.05) is 17.5 Å². The third kappa shape index (κ3) is 3.19. The highest BCUT2D eigenvalue weighted by Gasteiger charge is 2.09. The Balaban J connectivity index is 2.00. The molecule has 1 aliphatic heterocycles. The van der Waals surface area contributed by atoms with Crippen LogP contribution in [0, 0.1) is 17.8 Å². The summed E-state index contributed by atoms with van der Waals surface area (Å²) in [6.07, 6.45) is 2.24. The Kier molecular flexibility index (Phi) is 3.54. The van der Waals surface area contributed by atoms with Gasteiger partial charge in [0.05, 0.1) is 0 Å². The lowest BCUT2D eigenvalue weighted by Crippen LogP contribution is -2.26. The van der Waals surface area contributed by atoms with Gasteiger partial charge in [0.2, 0.25) is 0 Å². The normalized spacial score (nSPS) is 16.9. The lowest BCUT2D eigenvalue weighted by Gasteiger charge is -2.17. The zero-order valence-electron chi connectivity index (χ0n) is 8.33. The molecular formula is C11H12ClN3. The van der Waals surface area contributed by atoms with Crippen molar-refractivity contribution in [3.05, 3.63) is 23.0 Å². The molecule has 0 unspecified atom stereocenters. The summed E-state index contributed by atoms with van der Waals surface area (Å²) in [4.78, 5) is 0. The second kappa shape index (κ2) is 5.11. The van der Waals surface area contributed by atoms with Crippen LogP contribution in [-0.2, 0) is 0 Å². The number of hydrogen-bond acceptors (Lipinski definition) is 3. The molecule has 4 heteroatoms. The number of nitrogens with one attached hydrogen (secondary N) is 1. The molecule has 0 radical (unpaired) electrons. The summed E-state index contributed by atoms with van der Waals surface area (Å²) in [6.45, 7) is 2.12. The van der Waals surface area contributed by atoms with Crippen LogP contribution in [0.4, 0.5) is 0 Å². The molecule has 1 aliphatic rings. The molecule has 2 rings (SSSR count). The third-order valence-electron chi connectivity index (χ3n) is 2.38. The molecule has 78 valence electrons. The minimum absolute atomic E-state index is 0.405. The van der Waals surface area contributed by atoms with Crippen molar-refractivity contribution in [3.63, 3.8) is 0 Å². The number of piperidine rings is 1. The molecule has 0 atom stereocenters. The van der Waals surface area contributed by atoms with E-state index in [1.54, 1.807) is 12.1 Å². The summed E-state index contributed by atoms with van der Waals surface area (Å²) in [5.41, 5.74) is 0.693. The standard InChI is InChI=1S/C11H12ClN3/c12-11-4-3-10(14-15-11)2-1-9-5-7-13-8-6-9/h3-4,9,13H,5-8H2. The second-order valence-corrected chi connectivity index (χ2v) is 3.92. The van der Waals surface area contributed by atoms with E-state index < -0.39 is 0 Å². The quantitative estimate of drug-likeness (QED) is 0.675. The maximum absolute atomic E-state index is 5.63. The Morgan fingerprint density at radius 3 is 2.73 bits per heavy atom. The average Bonchev–Trinajstić information content (AvgIpc) is 2.30. The summed E-state index contributed by atoms with van der Waals surface area (Å²) in [7, 11) is 0. The van der Waals surface area contributed by atoms with Gasteiger partial charge in [-0.3, -0.25) is 0 Å². The van der Waals surface area contributed by atoms with Crippen LogP contribution in [0.5, 0.6) is 0 Å². The van der Waals surface area contributed by atoms with Crippen LogP contribution in [0.1, 0.15) is 18.5 Å². The highest BCUT2D eigenvalue weighted by molar-refractivity contribution is 6.29. The van der Waals surface area contributed by atoms with Gasteiger partial charge in [0.1, 0.15) is 5.69 Å². The lowest BCUT2D eigenvalue weighted by atomic mass is 9.99. The summed E-state index contributed by atoms with van der Waals surface area (Å²) in [6, 6.07) is 3.50. The summed E-state index contributed by atoms with van der Waals surface area (Å²) in [5, 5.41) is 11.3. The van der Waals surface area contributed by atoms with E-state index in [1.165, 1.54) is 0 Å². The molecule has 0 bridgehead atoms. The van der Waals surface area contributed by atoms with E-state index in [0.29, 0.717) is 16.8 Å². The molecule has 1 aromatic heterocycles. The maximum Gasteiger partial charge on any atom is 0.151 e. The summed E-state index contributed by atoms with van der Waals surface area (Å²) in [5.74, 6) is 6.74. The topological polar surface area (TPSA) is 37.8 Å². The van der Waals surface area contributed by atoms with E-state index >= 15 is 0 Å². The lowest BCUT2D eigenvalue weighted by molar-refractivity contribution is 0.447. The zero-order chi connectivity index (χ0) is 10.5. The van der Waals surface area contributed by atoms with E-state index in [0.717, 1.165) is 25.9 Å². The number of aromatic nitrogens is 2. The molecule has 1 aromatic rings. The molecule has 0 aromatic carbocycles. The Bertz CT molecular complexity index is 371. The molecule has 0 saturated carbocycles. The van der Waals surface area contributed by atoms with Gasteiger partial charge in [-0.05, 0) is 44.0 Å². The minimum Gasteiger partial charge on any atom is -0.317 e. The molecule has 1 saturated heterocycles. The van der Waals surface area contributed by atoms with Crippen LogP contribution in [0.25, 0.3) is 0 Å².